The summed E-state index contributed by atoms with van der Waals surface area (Å²) < 4.78 is 6.18. The fourth-order valence-corrected chi connectivity index (χ4v) is 3.21. The largest absolute Gasteiger partial charge is 0.487 e. The number of hydrogen-bond donors (Lipinski definition) is 2. The molecule has 0 aliphatic carbocycles. The summed E-state index contributed by atoms with van der Waals surface area (Å²) in [6, 6.07) is 6.17. The quantitative estimate of drug-likeness (QED) is 0.737. The molecule has 0 aliphatic heterocycles. The Labute approximate surface area is 151 Å². The highest BCUT2D eigenvalue weighted by molar-refractivity contribution is 5.70. The molecule has 0 saturated carbocycles. The van der Waals surface area contributed by atoms with Crippen LogP contribution in [0.2, 0.25) is 0 Å². The Morgan fingerprint density at radius 3 is 2.36 bits per heavy atom. The van der Waals surface area contributed by atoms with Gasteiger partial charge in [0.05, 0.1) is 6.10 Å². The van der Waals surface area contributed by atoms with E-state index in [0.717, 1.165) is 35.8 Å². The predicted molar refractivity (Wildman–Crippen MR) is 106 cm³/mol. The zero-order chi connectivity index (χ0) is 18.6. The van der Waals surface area contributed by atoms with Crippen LogP contribution in [-0.4, -0.2) is 11.1 Å². The number of hydrogen-bond acceptors (Lipinski definition) is 4. The number of nitrogens with one attached hydrogen (secondary N) is 1. The van der Waals surface area contributed by atoms with Crippen molar-refractivity contribution in [1.82, 2.24) is 4.98 Å². The molecule has 4 nitrogen and oxygen atoms in total. The van der Waals surface area contributed by atoms with Crippen molar-refractivity contribution in [3.05, 3.63) is 46.1 Å². The highest BCUT2D eigenvalue weighted by atomic mass is 16.5. The molecule has 0 atom stereocenters. The topological polar surface area (TPSA) is 60.2 Å². The maximum atomic E-state index is 6.18. The van der Waals surface area contributed by atoms with E-state index in [1.807, 2.05) is 19.1 Å². The molecule has 2 aromatic rings. The van der Waals surface area contributed by atoms with Crippen LogP contribution in [-0.2, 0) is 6.54 Å². The van der Waals surface area contributed by atoms with Crippen molar-refractivity contribution in [3.8, 4) is 5.75 Å². The van der Waals surface area contributed by atoms with E-state index >= 15 is 0 Å². The average molecular weight is 341 g/mol. The van der Waals surface area contributed by atoms with Gasteiger partial charge in [0.2, 0.25) is 0 Å². The first-order valence-corrected chi connectivity index (χ1v) is 9.12. The lowest BCUT2D eigenvalue weighted by Crippen LogP contribution is -2.15. The molecular formula is C21H31N3O. The van der Waals surface area contributed by atoms with Crippen LogP contribution >= 0.6 is 0 Å². The minimum absolute atomic E-state index is 0.199. The maximum absolute atomic E-state index is 6.18. The van der Waals surface area contributed by atoms with Crippen molar-refractivity contribution in [1.29, 1.82) is 0 Å². The van der Waals surface area contributed by atoms with E-state index in [4.69, 9.17) is 10.5 Å². The fraction of sp³-hybridized carbons (Fsp3) is 0.476. The molecule has 136 valence electrons. The summed E-state index contributed by atoms with van der Waals surface area (Å²) in [5, 5.41) is 3.51. The lowest BCUT2D eigenvalue weighted by Gasteiger charge is -2.21. The van der Waals surface area contributed by atoms with Crippen LogP contribution in [0.1, 0.15) is 54.6 Å². The van der Waals surface area contributed by atoms with Gasteiger partial charge in [0.1, 0.15) is 0 Å². The van der Waals surface area contributed by atoms with Crippen LogP contribution < -0.4 is 15.8 Å². The minimum Gasteiger partial charge on any atom is -0.487 e. The molecule has 1 aromatic heterocycles. The summed E-state index contributed by atoms with van der Waals surface area (Å²) in [4.78, 5) is 4.68. The SMILES string of the molecule is CCC(CC)Oc1ccc(C)nc1Nc1c(C)cc(C)c(CN)c1C. The third kappa shape index (κ3) is 4.31. The van der Waals surface area contributed by atoms with Crippen molar-refractivity contribution in [2.45, 2.75) is 67.0 Å². The molecule has 1 heterocycles. The van der Waals surface area contributed by atoms with E-state index < -0.39 is 0 Å². The number of aromatic nitrogens is 1. The third-order valence-electron chi connectivity index (χ3n) is 4.78. The molecule has 1 aromatic carbocycles. The average Bonchev–Trinajstić information content (AvgIpc) is 2.58. The molecular weight excluding hydrogens is 310 g/mol. The second-order valence-corrected chi connectivity index (χ2v) is 6.67. The van der Waals surface area contributed by atoms with Gasteiger partial charge < -0.3 is 15.8 Å². The lowest BCUT2D eigenvalue weighted by molar-refractivity contribution is 0.193. The molecule has 0 bridgehead atoms. The Hall–Kier alpha value is -2.07. The molecule has 0 spiro atoms. The van der Waals surface area contributed by atoms with Gasteiger partial charge in [-0.25, -0.2) is 4.98 Å². The normalized spacial score (nSPS) is 11.0. The summed E-state index contributed by atoms with van der Waals surface area (Å²) in [6.45, 7) is 13.1. The number of benzene rings is 1. The van der Waals surface area contributed by atoms with Crippen molar-refractivity contribution < 1.29 is 4.74 Å². The molecule has 2 rings (SSSR count). The van der Waals surface area contributed by atoms with Crippen LogP contribution in [0.15, 0.2) is 18.2 Å². The Morgan fingerprint density at radius 2 is 1.76 bits per heavy atom. The summed E-state index contributed by atoms with van der Waals surface area (Å²) >= 11 is 0. The zero-order valence-corrected chi connectivity index (χ0v) is 16.4. The zero-order valence-electron chi connectivity index (χ0n) is 16.4. The van der Waals surface area contributed by atoms with Crippen LogP contribution in [0.5, 0.6) is 5.75 Å². The van der Waals surface area contributed by atoms with Gasteiger partial charge in [-0.15, -0.1) is 0 Å². The van der Waals surface area contributed by atoms with Gasteiger partial charge in [0.25, 0.3) is 0 Å². The molecule has 0 radical (unpaired) electrons. The Morgan fingerprint density at radius 1 is 1.08 bits per heavy atom. The van der Waals surface area contributed by atoms with E-state index in [9.17, 15) is 0 Å². The van der Waals surface area contributed by atoms with Crippen LogP contribution in [0.4, 0.5) is 11.5 Å². The van der Waals surface area contributed by atoms with Crippen molar-refractivity contribution in [3.63, 3.8) is 0 Å². The second kappa shape index (κ2) is 8.34. The summed E-state index contributed by atoms with van der Waals surface area (Å²) in [7, 11) is 0. The van der Waals surface area contributed by atoms with Crippen molar-refractivity contribution >= 4 is 11.5 Å². The van der Waals surface area contributed by atoms with E-state index in [2.05, 4.69) is 51.0 Å². The fourth-order valence-electron chi connectivity index (χ4n) is 3.21. The van der Waals surface area contributed by atoms with Crippen LogP contribution in [0.25, 0.3) is 0 Å². The number of anilines is 2. The third-order valence-corrected chi connectivity index (χ3v) is 4.78. The molecule has 0 amide bonds. The number of aryl methyl sites for hydroxylation is 3. The first kappa shape index (κ1) is 19.3. The number of nitrogens with zero attached hydrogens (tertiary/aromatic N) is 1. The summed E-state index contributed by atoms with van der Waals surface area (Å²) in [5.74, 6) is 1.57. The van der Waals surface area contributed by atoms with Crippen LogP contribution in [0, 0.1) is 27.7 Å². The van der Waals surface area contributed by atoms with E-state index in [-0.39, 0.29) is 6.10 Å². The number of ether oxygens (including phenoxy) is 1. The van der Waals surface area contributed by atoms with E-state index in [1.54, 1.807) is 0 Å². The smallest absolute Gasteiger partial charge is 0.173 e. The standard InChI is InChI=1S/C21H31N3O/c1-7-17(8-2)25-19-10-9-15(5)23-21(19)24-20-14(4)11-13(3)18(12-22)16(20)6/h9-11,17H,7-8,12,22H2,1-6H3,(H,23,24). The van der Waals surface area contributed by atoms with Gasteiger partial charge in [-0.1, -0.05) is 19.9 Å². The van der Waals surface area contributed by atoms with Gasteiger partial charge in [-0.2, -0.15) is 0 Å². The number of nitrogens with two attached hydrogens (primary N) is 1. The number of pyridine rings is 1. The maximum Gasteiger partial charge on any atom is 0.173 e. The Balaban J connectivity index is 2.45. The summed E-state index contributed by atoms with van der Waals surface area (Å²) in [6.07, 6.45) is 2.15. The van der Waals surface area contributed by atoms with Crippen molar-refractivity contribution in [2.24, 2.45) is 5.73 Å². The lowest BCUT2D eigenvalue weighted by atomic mass is 9.97. The van der Waals surface area contributed by atoms with Crippen LogP contribution in [0.3, 0.4) is 0 Å². The molecule has 4 heteroatoms. The van der Waals surface area contributed by atoms with E-state index in [0.29, 0.717) is 6.54 Å². The minimum atomic E-state index is 0.199. The van der Waals surface area contributed by atoms with Gasteiger partial charge in [0, 0.05) is 17.9 Å². The predicted octanol–water partition coefficient (Wildman–Crippen LogP) is 5.08. The molecule has 0 aliphatic rings. The first-order valence-electron chi connectivity index (χ1n) is 9.12. The van der Waals surface area contributed by atoms with E-state index in [1.165, 1.54) is 22.3 Å². The second-order valence-electron chi connectivity index (χ2n) is 6.67. The highest BCUT2D eigenvalue weighted by Gasteiger charge is 2.15. The number of rotatable bonds is 7. The van der Waals surface area contributed by atoms with Gasteiger partial charge in [-0.05, 0) is 74.9 Å². The molecule has 3 N–H and O–H groups in total. The molecule has 25 heavy (non-hydrogen) atoms. The van der Waals surface area contributed by atoms with Crippen molar-refractivity contribution in [2.75, 3.05) is 5.32 Å². The van der Waals surface area contributed by atoms with Gasteiger partial charge in [-0.3, -0.25) is 0 Å². The molecule has 0 unspecified atom stereocenters. The Bertz CT molecular complexity index is 736. The molecule has 0 saturated heterocycles. The monoisotopic (exact) mass is 341 g/mol. The first-order chi connectivity index (χ1) is 11.9. The molecule has 0 fully saturated rings. The summed E-state index contributed by atoms with van der Waals surface area (Å²) in [5.41, 5.74) is 12.8. The highest BCUT2D eigenvalue weighted by Crippen LogP contribution is 2.33. The van der Waals surface area contributed by atoms with Gasteiger partial charge >= 0.3 is 0 Å². The Kier molecular flexibility index (Phi) is 6.43. The van der Waals surface area contributed by atoms with Gasteiger partial charge in [0.15, 0.2) is 11.6 Å².